The zero-order valence-corrected chi connectivity index (χ0v) is 22.1. The van der Waals surface area contributed by atoms with Gasteiger partial charge in [0.2, 0.25) is 0 Å². The lowest BCUT2D eigenvalue weighted by atomic mass is 10.0. The number of morpholine rings is 1. The third-order valence-electron chi connectivity index (χ3n) is 7.18. The molecule has 1 aromatic carbocycles. The van der Waals surface area contributed by atoms with Gasteiger partial charge in [-0.25, -0.2) is 0 Å². The Morgan fingerprint density at radius 2 is 2.00 bits per heavy atom. The van der Waals surface area contributed by atoms with Crippen molar-refractivity contribution in [2.75, 3.05) is 50.5 Å². The van der Waals surface area contributed by atoms with Crippen LogP contribution < -0.4 is 10.6 Å². The van der Waals surface area contributed by atoms with E-state index in [1.54, 1.807) is 35.2 Å². The maximum Gasteiger partial charge on any atom is 0.294 e. The van der Waals surface area contributed by atoms with E-state index in [1.165, 1.54) is 12.3 Å². The van der Waals surface area contributed by atoms with Crippen molar-refractivity contribution in [1.82, 2.24) is 14.8 Å². The van der Waals surface area contributed by atoms with E-state index in [0.717, 1.165) is 24.9 Å². The van der Waals surface area contributed by atoms with Gasteiger partial charge in [-0.1, -0.05) is 15.9 Å². The number of nitrogens with one attached hydrogen (secondary N) is 2. The molecule has 11 nitrogen and oxygen atoms in total. The van der Waals surface area contributed by atoms with Crippen LogP contribution in [0.4, 0.5) is 17.1 Å². The summed E-state index contributed by atoms with van der Waals surface area (Å²) in [6.45, 7) is 2.30. The molecule has 3 fully saturated rings. The predicted octanol–water partition coefficient (Wildman–Crippen LogP) is 3.52. The average molecular weight is 573 g/mol. The number of hydrogen-bond acceptors (Lipinski definition) is 8. The number of pyridine rings is 1. The Kier molecular flexibility index (Phi) is 7.04. The van der Waals surface area contributed by atoms with E-state index in [1.807, 2.05) is 0 Å². The van der Waals surface area contributed by atoms with Crippen molar-refractivity contribution in [3.05, 3.63) is 56.3 Å². The van der Waals surface area contributed by atoms with Crippen molar-refractivity contribution >= 4 is 44.8 Å². The number of amides is 2. The van der Waals surface area contributed by atoms with Gasteiger partial charge in [0.05, 0.1) is 40.5 Å². The number of carbonyl (C=O) groups excluding carboxylic acids is 2. The van der Waals surface area contributed by atoms with Gasteiger partial charge in [0.25, 0.3) is 17.5 Å². The molecule has 12 heteroatoms. The zero-order chi connectivity index (χ0) is 26.2. The molecule has 1 aliphatic carbocycles. The van der Waals surface area contributed by atoms with Gasteiger partial charge in [-0.05, 0) is 37.8 Å². The Balaban J connectivity index is 1.39. The highest BCUT2D eigenvalue weighted by molar-refractivity contribution is 9.10. The number of rotatable bonds is 6. The molecule has 37 heavy (non-hydrogen) atoms. The first kappa shape index (κ1) is 25.4. The second-order valence-corrected chi connectivity index (χ2v) is 10.7. The maximum atomic E-state index is 13.6. The van der Waals surface area contributed by atoms with Crippen LogP contribution in [0.25, 0.3) is 0 Å². The van der Waals surface area contributed by atoms with Crippen LogP contribution in [-0.4, -0.2) is 83.0 Å². The summed E-state index contributed by atoms with van der Waals surface area (Å²) < 4.78 is 6.30. The summed E-state index contributed by atoms with van der Waals surface area (Å²) in [6, 6.07) is 4.52. The number of ether oxygens (including phenoxy) is 1. The Labute approximate surface area is 222 Å². The molecule has 1 aromatic heterocycles. The largest absolute Gasteiger partial charge is 0.387 e. The van der Waals surface area contributed by atoms with E-state index >= 15 is 0 Å². The van der Waals surface area contributed by atoms with Crippen molar-refractivity contribution in [2.24, 2.45) is 0 Å². The lowest BCUT2D eigenvalue weighted by Crippen LogP contribution is -2.47. The summed E-state index contributed by atoms with van der Waals surface area (Å²) in [5.41, 5.74) is 1.20. The number of aromatic nitrogens is 1. The lowest BCUT2D eigenvalue weighted by Gasteiger charge is -2.35. The lowest BCUT2D eigenvalue weighted by molar-refractivity contribution is -0.384. The molecule has 1 atom stereocenters. The number of anilines is 2. The fourth-order valence-corrected chi connectivity index (χ4v) is 5.49. The van der Waals surface area contributed by atoms with E-state index in [2.05, 4.69) is 31.5 Å². The number of hydrogen-bond donors (Lipinski definition) is 2. The highest BCUT2D eigenvalue weighted by atomic mass is 79.9. The SMILES string of the molecule is CNc1cncc(C(=O)N2CCC[C@@H](Nc3c(C(=O)N4CCOC5(CC5)C4)cc(Br)cc3[N+](=O)[O-])C2)c1. The van der Waals surface area contributed by atoms with Crippen LogP contribution in [0.2, 0.25) is 0 Å². The molecule has 3 heterocycles. The first-order valence-electron chi connectivity index (χ1n) is 12.4. The third-order valence-corrected chi connectivity index (χ3v) is 7.64. The zero-order valence-electron chi connectivity index (χ0n) is 20.5. The van der Waals surface area contributed by atoms with Crippen LogP contribution in [0, 0.1) is 10.1 Å². The number of likely N-dealkylation sites (tertiary alicyclic amines) is 1. The van der Waals surface area contributed by atoms with Gasteiger partial charge < -0.3 is 25.2 Å². The summed E-state index contributed by atoms with van der Waals surface area (Å²) in [5, 5.41) is 18.3. The number of nitro groups is 1. The quantitative estimate of drug-likeness (QED) is 0.397. The number of nitro benzene ring substituents is 1. The van der Waals surface area contributed by atoms with Crippen molar-refractivity contribution in [1.29, 1.82) is 0 Å². The van der Waals surface area contributed by atoms with Gasteiger partial charge >= 0.3 is 0 Å². The topological polar surface area (TPSA) is 130 Å². The molecular formula is C25H29BrN6O5. The minimum Gasteiger partial charge on any atom is -0.387 e. The van der Waals surface area contributed by atoms with E-state index < -0.39 is 4.92 Å². The second kappa shape index (κ2) is 10.3. The molecule has 2 saturated heterocycles. The Morgan fingerprint density at radius 1 is 1.19 bits per heavy atom. The second-order valence-electron chi connectivity index (χ2n) is 9.81. The van der Waals surface area contributed by atoms with Crippen LogP contribution >= 0.6 is 15.9 Å². The standard InChI is InChI=1S/C25H29BrN6O5/c1-27-19-9-16(12-28-13-19)23(33)30-6-2-3-18(14-30)29-22-20(10-17(26)11-21(22)32(35)36)24(34)31-7-8-37-25(15-31)4-5-25/h9-13,18,27,29H,2-8,14-15H2,1H3/t18-/m1/s1. The minimum absolute atomic E-state index is 0.152. The highest BCUT2D eigenvalue weighted by Crippen LogP contribution is 2.43. The third kappa shape index (κ3) is 5.40. The summed E-state index contributed by atoms with van der Waals surface area (Å²) in [4.78, 5) is 45.9. The van der Waals surface area contributed by atoms with Crippen LogP contribution in [0.1, 0.15) is 46.4 Å². The van der Waals surface area contributed by atoms with Gasteiger partial charge in [0.15, 0.2) is 0 Å². The Bertz CT molecular complexity index is 1240. The monoisotopic (exact) mass is 572 g/mol. The first-order valence-corrected chi connectivity index (χ1v) is 13.2. The van der Waals surface area contributed by atoms with Crippen molar-refractivity contribution in [3.8, 4) is 0 Å². The summed E-state index contributed by atoms with van der Waals surface area (Å²) >= 11 is 3.34. The molecule has 0 bridgehead atoms. The molecular weight excluding hydrogens is 544 g/mol. The molecule has 0 unspecified atom stereocenters. The van der Waals surface area contributed by atoms with E-state index in [0.29, 0.717) is 49.2 Å². The number of halogens is 1. The molecule has 2 aliphatic heterocycles. The van der Waals surface area contributed by atoms with Crippen molar-refractivity contribution < 1.29 is 19.2 Å². The highest BCUT2D eigenvalue weighted by Gasteiger charge is 2.48. The smallest absolute Gasteiger partial charge is 0.294 e. The maximum absolute atomic E-state index is 13.6. The molecule has 196 valence electrons. The van der Waals surface area contributed by atoms with E-state index in [-0.39, 0.29) is 40.4 Å². The Morgan fingerprint density at radius 3 is 2.73 bits per heavy atom. The van der Waals surface area contributed by atoms with Crippen LogP contribution in [0.3, 0.4) is 0 Å². The van der Waals surface area contributed by atoms with Crippen LogP contribution in [0.15, 0.2) is 35.1 Å². The van der Waals surface area contributed by atoms with Gasteiger partial charge in [-0.2, -0.15) is 0 Å². The normalized spacial score (nSPS) is 20.4. The molecule has 2 N–H and O–H groups in total. The fraction of sp³-hybridized carbons (Fsp3) is 0.480. The number of carbonyl (C=O) groups is 2. The van der Waals surface area contributed by atoms with E-state index in [9.17, 15) is 19.7 Å². The minimum atomic E-state index is -0.480. The van der Waals surface area contributed by atoms with Crippen molar-refractivity contribution in [3.63, 3.8) is 0 Å². The van der Waals surface area contributed by atoms with Gasteiger partial charge in [0, 0.05) is 55.7 Å². The summed E-state index contributed by atoms with van der Waals surface area (Å²) in [6.07, 6.45) is 6.44. The summed E-state index contributed by atoms with van der Waals surface area (Å²) in [7, 11) is 1.76. The van der Waals surface area contributed by atoms with Gasteiger partial charge in [-0.3, -0.25) is 24.7 Å². The van der Waals surface area contributed by atoms with E-state index in [4.69, 9.17) is 4.74 Å². The molecule has 5 rings (SSSR count). The Hall–Kier alpha value is -3.25. The van der Waals surface area contributed by atoms with Crippen LogP contribution in [0.5, 0.6) is 0 Å². The number of piperidine rings is 1. The molecule has 1 saturated carbocycles. The molecule has 3 aliphatic rings. The average Bonchev–Trinajstić information content (AvgIpc) is 3.66. The van der Waals surface area contributed by atoms with Crippen molar-refractivity contribution in [2.45, 2.75) is 37.3 Å². The van der Waals surface area contributed by atoms with Crippen LogP contribution in [-0.2, 0) is 4.74 Å². The number of nitrogens with zero attached hydrogens (tertiary/aromatic N) is 4. The van der Waals surface area contributed by atoms with Gasteiger partial charge in [-0.15, -0.1) is 0 Å². The molecule has 1 spiro atoms. The molecule has 2 amide bonds. The first-order chi connectivity index (χ1) is 17.8. The predicted molar refractivity (Wildman–Crippen MR) is 141 cm³/mol. The number of benzene rings is 1. The fourth-order valence-electron chi connectivity index (χ4n) is 5.05. The molecule has 0 radical (unpaired) electrons. The van der Waals surface area contributed by atoms with Gasteiger partial charge in [0.1, 0.15) is 5.69 Å². The molecule has 2 aromatic rings. The summed E-state index contributed by atoms with van der Waals surface area (Å²) in [5.74, 6) is -0.416.